The van der Waals surface area contributed by atoms with Crippen LogP contribution in [-0.2, 0) is 4.74 Å². The Morgan fingerprint density at radius 2 is 2.12 bits per heavy atom. The maximum atomic E-state index is 12.2. The van der Waals surface area contributed by atoms with E-state index in [1.54, 1.807) is 20.8 Å². The molecule has 0 aromatic rings. The summed E-state index contributed by atoms with van der Waals surface area (Å²) in [7, 11) is 0. The molecule has 0 aromatic heterocycles. The number of β-amino-alcohol motifs (C(OH)–C–C–N with tert-alkyl or cyclic N) is 1. The topological polar surface area (TPSA) is 49.8 Å². The Hall–Kier alpha value is -0.840. The number of hydrogen-bond donors (Lipinski definition) is 1. The molecule has 1 fully saturated rings. The van der Waals surface area contributed by atoms with Crippen molar-refractivity contribution >= 4 is 6.09 Å². The fraction of sp³-hybridized carbons (Fsp3) is 0.909. The highest BCUT2D eigenvalue weighted by Crippen LogP contribution is 2.22. The van der Waals surface area contributed by atoms with Gasteiger partial charge in [-0.2, -0.15) is 0 Å². The lowest BCUT2D eigenvalue weighted by molar-refractivity contribution is 0.0269. The van der Waals surface area contributed by atoms with Crippen molar-refractivity contribution in [3.05, 3.63) is 0 Å². The molecule has 1 amide bonds. The van der Waals surface area contributed by atoms with Gasteiger partial charge in [0.1, 0.15) is 5.60 Å². The third kappa shape index (κ3) is 3.63. The van der Waals surface area contributed by atoms with Crippen molar-refractivity contribution in [2.24, 2.45) is 5.92 Å². The second-order valence-corrected chi connectivity index (χ2v) is 5.19. The van der Waals surface area contributed by atoms with Crippen LogP contribution >= 0.6 is 0 Å². The zero-order valence-electron chi connectivity index (χ0n) is 10.1. The first-order chi connectivity index (χ1) is 7.33. The SMILES string of the molecule is CC(C)(C)OC(=O)N1CC(O)C(CCF)C1. The minimum absolute atomic E-state index is 0.169. The normalized spacial score (nSPS) is 25.9. The average molecular weight is 233 g/mol. The van der Waals surface area contributed by atoms with Gasteiger partial charge in [0.15, 0.2) is 0 Å². The summed E-state index contributed by atoms with van der Waals surface area (Å²) in [5.41, 5.74) is -0.541. The van der Waals surface area contributed by atoms with Crippen LogP contribution in [0.25, 0.3) is 0 Å². The lowest BCUT2D eigenvalue weighted by Gasteiger charge is -2.24. The van der Waals surface area contributed by atoms with Crippen LogP contribution in [0, 0.1) is 5.92 Å². The highest BCUT2D eigenvalue weighted by atomic mass is 19.1. The predicted octanol–water partition coefficient (Wildman–Crippen LogP) is 1.57. The van der Waals surface area contributed by atoms with Gasteiger partial charge in [-0.05, 0) is 27.2 Å². The van der Waals surface area contributed by atoms with Gasteiger partial charge >= 0.3 is 6.09 Å². The summed E-state index contributed by atoms with van der Waals surface area (Å²) < 4.78 is 17.4. The third-order valence-electron chi connectivity index (χ3n) is 2.54. The van der Waals surface area contributed by atoms with Crippen molar-refractivity contribution < 1.29 is 19.0 Å². The molecule has 1 heterocycles. The smallest absolute Gasteiger partial charge is 0.410 e. The number of ether oxygens (including phenoxy) is 1. The molecule has 0 radical (unpaired) electrons. The minimum atomic E-state index is -0.636. The molecular formula is C11H20FNO3. The molecule has 2 unspecified atom stereocenters. The number of carbonyl (C=O) groups excluding carboxylic acids is 1. The summed E-state index contributed by atoms with van der Waals surface area (Å²) in [6, 6.07) is 0. The van der Waals surface area contributed by atoms with E-state index >= 15 is 0 Å². The molecular weight excluding hydrogens is 213 g/mol. The van der Waals surface area contributed by atoms with Gasteiger partial charge in [-0.3, -0.25) is 4.39 Å². The Balaban J connectivity index is 2.48. The van der Waals surface area contributed by atoms with Crippen LogP contribution in [0.2, 0.25) is 0 Å². The Labute approximate surface area is 95.4 Å². The summed E-state index contributed by atoms with van der Waals surface area (Å²) in [5.74, 6) is -0.169. The fourth-order valence-corrected chi connectivity index (χ4v) is 1.75. The summed E-state index contributed by atoms with van der Waals surface area (Å²) >= 11 is 0. The van der Waals surface area contributed by atoms with Crippen LogP contribution in [0.5, 0.6) is 0 Å². The maximum absolute atomic E-state index is 12.2. The van der Waals surface area contributed by atoms with Gasteiger partial charge in [-0.25, -0.2) is 4.79 Å². The molecule has 1 aliphatic heterocycles. The number of aliphatic hydroxyl groups excluding tert-OH is 1. The third-order valence-corrected chi connectivity index (χ3v) is 2.54. The van der Waals surface area contributed by atoms with Gasteiger partial charge in [0.25, 0.3) is 0 Å². The summed E-state index contributed by atoms with van der Waals surface area (Å²) in [6.45, 7) is 5.51. The first kappa shape index (κ1) is 13.2. The number of nitrogens with zero attached hydrogens (tertiary/aromatic N) is 1. The van der Waals surface area contributed by atoms with Gasteiger partial charge in [0, 0.05) is 12.5 Å². The second-order valence-electron chi connectivity index (χ2n) is 5.19. The van der Waals surface area contributed by atoms with Crippen LogP contribution in [0.1, 0.15) is 27.2 Å². The Morgan fingerprint density at radius 1 is 1.50 bits per heavy atom. The first-order valence-corrected chi connectivity index (χ1v) is 5.55. The molecule has 4 nitrogen and oxygen atoms in total. The Kier molecular flexibility index (Phi) is 4.13. The summed E-state index contributed by atoms with van der Waals surface area (Å²) in [6.07, 6.45) is -0.781. The zero-order valence-corrected chi connectivity index (χ0v) is 10.1. The highest BCUT2D eigenvalue weighted by Gasteiger charge is 2.35. The van der Waals surface area contributed by atoms with Crippen molar-refractivity contribution in [3.63, 3.8) is 0 Å². The van der Waals surface area contributed by atoms with Crippen LogP contribution in [0.4, 0.5) is 9.18 Å². The lowest BCUT2D eigenvalue weighted by Crippen LogP contribution is -2.35. The number of rotatable bonds is 2. The van der Waals surface area contributed by atoms with Crippen molar-refractivity contribution in [2.45, 2.75) is 38.9 Å². The molecule has 0 saturated carbocycles. The number of carbonyl (C=O) groups is 1. The maximum Gasteiger partial charge on any atom is 0.410 e. The van der Waals surface area contributed by atoms with E-state index in [0.717, 1.165) is 0 Å². The van der Waals surface area contributed by atoms with Crippen molar-refractivity contribution in [3.8, 4) is 0 Å². The van der Waals surface area contributed by atoms with Gasteiger partial charge in [-0.1, -0.05) is 0 Å². The summed E-state index contributed by atoms with van der Waals surface area (Å²) in [5, 5.41) is 9.62. The van der Waals surface area contributed by atoms with E-state index in [0.29, 0.717) is 13.0 Å². The zero-order chi connectivity index (χ0) is 12.3. The molecule has 0 aliphatic carbocycles. The molecule has 1 N–H and O–H groups in total. The quantitative estimate of drug-likeness (QED) is 0.787. The number of aliphatic hydroxyl groups is 1. The number of amides is 1. The Bertz CT molecular complexity index is 252. The van der Waals surface area contributed by atoms with E-state index in [1.807, 2.05) is 0 Å². The molecule has 0 spiro atoms. The molecule has 16 heavy (non-hydrogen) atoms. The monoisotopic (exact) mass is 233 g/mol. The van der Waals surface area contributed by atoms with E-state index < -0.39 is 24.5 Å². The average Bonchev–Trinajstić information content (AvgIpc) is 2.46. The molecule has 0 aromatic carbocycles. The van der Waals surface area contributed by atoms with Crippen LogP contribution in [0.3, 0.4) is 0 Å². The lowest BCUT2D eigenvalue weighted by atomic mass is 10.0. The van der Waals surface area contributed by atoms with Gasteiger partial charge in [0.05, 0.1) is 19.3 Å². The van der Waals surface area contributed by atoms with Gasteiger partial charge < -0.3 is 14.7 Å². The molecule has 1 saturated heterocycles. The molecule has 1 rings (SSSR count). The van der Waals surface area contributed by atoms with E-state index in [2.05, 4.69) is 0 Å². The van der Waals surface area contributed by atoms with E-state index in [-0.39, 0.29) is 12.5 Å². The number of hydrogen-bond acceptors (Lipinski definition) is 3. The van der Waals surface area contributed by atoms with E-state index in [1.165, 1.54) is 4.90 Å². The predicted molar refractivity (Wildman–Crippen MR) is 57.9 cm³/mol. The molecule has 1 aliphatic rings. The second kappa shape index (κ2) is 4.99. The first-order valence-electron chi connectivity index (χ1n) is 5.55. The van der Waals surface area contributed by atoms with Crippen molar-refractivity contribution in [2.75, 3.05) is 19.8 Å². The number of halogens is 1. The molecule has 2 atom stereocenters. The Morgan fingerprint density at radius 3 is 2.62 bits per heavy atom. The standard InChI is InChI=1S/C11H20FNO3/c1-11(2,3)16-10(15)13-6-8(4-5-12)9(14)7-13/h8-9,14H,4-7H2,1-3H3. The highest BCUT2D eigenvalue weighted by molar-refractivity contribution is 5.68. The summed E-state index contributed by atoms with van der Waals surface area (Å²) in [4.78, 5) is 13.1. The number of alkyl halides is 1. The van der Waals surface area contributed by atoms with Crippen molar-refractivity contribution in [1.82, 2.24) is 4.90 Å². The van der Waals surface area contributed by atoms with E-state index in [9.17, 15) is 14.3 Å². The van der Waals surface area contributed by atoms with Crippen LogP contribution in [0.15, 0.2) is 0 Å². The largest absolute Gasteiger partial charge is 0.444 e. The molecule has 5 heteroatoms. The molecule has 94 valence electrons. The van der Waals surface area contributed by atoms with Crippen LogP contribution in [-0.4, -0.2) is 47.6 Å². The fourth-order valence-electron chi connectivity index (χ4n) is 1.75. The van der Waals surface area contributed by atoms with Gasteiger partial charge in [-0.15, -0.1) is 0 Å². The minimum Gasteiger partial charge on any atom is -0.444 e. The number of likely N-dealkylation sites (tertiary alicyclic amines) is 1. The molecule has 0 bridgehead atoms. The van der Waals surface area contributed by atoms with Crippen molar-refractivity contribution in [1.29, 1.82) is 0 Å². The van der Waals surface area contributed by atoms with E-state index in [4.69, 9.17) is 4.74 Å². The van der Waals surface area contributed by atoms with Crippen LogP contribution < -0.4 is 0 Å². The van der Waals surface area contributed by atoms with Gasteiger partial charge in [0.2, 0.25) is 0 Å².